The van der Waals surface area contributed by atoms with E-state index in [0.29, 0.717) is 12.3 Å². The molecule has 1 fully saturated rings. The normalized spacial score (nSPS) is 21.7. The molecule has 0 aliphatic heterocycles. The lowest BCUT2D eigenvalue weighted by atomic mass is 9.89. The summed E-state index contributed by atoms with van der Waals surface area (Å²) in [7, 11) is 0. The van der Waals surface area contributed by atoms with E-state index >= 15 is 0 Å². The standard InChI is InChI=1S/C13H15Cl2F2NO2/c1-2-19-9-3-7(4-9)18-8-5-10(14)12(11(15)6-8)20-13(16)17/h5-7,9,13,18H,2-4H2,1H3. The van der Waals surface area contributed by atoms with Gasteiger partial charge in [-0.25, -0.2) is 0 Å². The molecule has 1 aliphatic rings. The lowest BCUT2D eigenvalue weighted by molar-refractivity contribution is -0.0497. The fourth-order valence-electron chi connectivity index (χ4n) is 2.14. The summed E-state index contributed by atoms with van der Waals surface area (Å²) < 4.78 is 34.1. The summed E-state index contributed by atoms with van der Waals surface area (Å²) in [6, 6.07) is 3.33. The molecule has 0 unspecified atom stereocenters. The molecule has 0 radical (unpaired) electrons. The Balaban J connectivity index is 1.97. The third-order valence-electron chi connectivity index (χ3n) is 3.07. The quantitative estimate of drug-likeness (QED) is 0.830. The molecule has 1 aliphatic carbocycles. The van der Waals surface area contributed by atoms with Crippen molar-refractivity contribution in [2.75, 3.05) is 11.9 Å². The van der Waals surface area contributed by atoms with Crippen molar-refractivity contribution in [3.8, 4) is 5.75 Å². The Morgan fingerprint density at radius 1 is 1.30 bits per heavy atom. The van der Waals surface area contributed by atoms with Crippen LogP contribution < -0.4 is 10.1 Å². The van der Waals surface area contributed by atoms with Crippen molar-refractivity contribution in [3.63, 3.8) is 0 Å². The Hall–Kier alpha value is -0.780. The fourth-order valence-corrected chi connectivity index (χ4v) is 2.71. The minimum Gasteiger partial charge on any atom is -0.432 e. The number of benzene rings is 1. The van der Waals surface area contributed by atoms with Crippen molar-refractivity contribution in [3.05, 3.63) is 22.2 Å². The Kier molecular flexibility index (Phi) is 5.29. The number of alkyl halides is 2. The molecule has 1 saturated carbocycles. The summed E-state index contributed by atoms with van der Waals surface area (Å²) in [5.41, 5.74) is 0.682. The highest BCUT2D eigenvalue weighted by molar-refractivity contribution is 6.37. The van der Waals surface area contributed by atoms with Gasteiger partial charge in [-0.1, -0.05) is 23.2 Å². The highest BCUT2D eigenvalue weighted by Gasteiger charge is 2.29. The Morgan fingerprint density at radius 2 is 1.90 bits per heavy atom. The molecule has 0 amide bonds. The monoisotopic (exact) mass is 325 g/mol. The number of hydrogen-bond acceptors (Lipinski definition) is 3. The first kappa shape index (κ1) is 15.6. The van der Waals surface area contributed by atoms with Crippen LogP contribution in [-0.2, 0) is 4.74 Å². The summed E-state index contributed by atoms with van der Waals surface area (Å²) in [6.07, 6.45) is 2.08. The summed E-state index contributed by atoms with van der Waals surface area (Å²) in [6.45, 7) is -0.293. The molecule has 1 aromatic carbocycles. The molecule has 3 nitrogen and oxygen atoms in total. The minimum absolute atomic E-state index is 0.0565. The number of nitrogens with one attached hydrogen (secondary N) is 1. The van der Waals surface area contributed by atoms with Crippen LogP contribution in [0.5, 0.6) is 5.75 Å². The fraction of sp³-hybridized carbons (Fsp3) is 0.538. The number of hydrogen-bond donors (Lipinski definition) is 1. The molecule has 0 spiro atoms. The maximum atomic E-state index is 12.2. The van der Waals surface area contributed by atoms with E-state index in [1.54, 1.807) is 0 Å². The minimum atomic E-state index is -2.96. The molecule has 0 heterocycles. The molecule has 0 bridgehead atoms. The van der Waals surface area contributed by atoms with Crippen LogP contribution in [0, 0.1) is 0 Å². The molecule has 2 rings (SSSR count). The molecule has 20 heavy (non-hydrogen) atoms. The van der Waals surface area contributed by atoms with Crippen LogP contribution in [0.15, 0.2) is 12.1 Å². The first-order valence-electron chi connectivity index (χ1n) is 6.31. The van der Waals surface area contributed by atoms with Gasteiger partial charge in [-0.05, 0) is 31.9 Å². The second kappa shape index (κ2) is 6.78. The van der Waals surface area contributed by atoms with Crippen LogP contribution in [0.3, 0.4) is 0 Å². The predicted octanol–water partition coefficient (Wildman–Crippen LogP) is 4.57. The van der Waals surface area contributed by atoms with E-state index in [4.69, 9.17) is 27.9 Å². The van der Waals surface area contributed by atoms with Gasteiger partial charge in [0.15, 0.2) is 5.75 Å². The van der Waals surface area contributed by atoms with Crippen LogP contribution in [-0.4, -0.2) is 25.4 Å². The van der Waals surface area contributed by atoms with Gasteiger partial charge in [0.25, 0.3) is 0 Å². The highest BCUT2D eigenvalue weighted by atomic mass is 35.5. The SMILES string of the molecule is CCOC1CC(Nc2cc(Cl)c(OC(F)F)c(Cl)c2)C1. The van der Waals surface area contributed by atoms with Gasteiger partial charge in [-0.2, -0.15) is 8.78 Å². The molecule has 112 valence electrons. The lowest BCUT2D eigenvalue weighted by Gasteiger charge is -2.36. The summed E-state index contributed by atoms with van der Waals surface area (Å²) in [4.78, 5) is 0. The highest BCUT2D eigenvalue weighted by Crippen LogP contribution is 2.38. The second-order valence-corrected chi connectivity index (χ2v) is 5.35. The van der Waals surface area contributed by atoms with Gasteiger partial charge in [-0.15, -0.1) is 0 Å². The van der Waals surface area contributed by atoms with Crippen molar-refractivity contribution in [2.24, 2.45) is 0 Å². The van der Waals surface area contributed by atoms with Crippen molar-refractivity contribution in [1.82, 2.24) is 0 Å². The summed E-state index contributed by atoms with van der Waals surface area (Å²) in [5, 5.41) is 3.35. The van der Waals surface area contributed by atoms with E-state index in [9.17, 15) is 8.78 Å². The number of anilines is 1. The topological polar surface area (TPSA) is 30.5 Å². The molecule has 0 aromatic heterocycles. The smallest absolute Gasteiger partial charge is 0.387 e. The largest absolute Gasteiger partial charge is 0.432 e. The van der Waals surface area contributed by atoms with E-state index in [2.05, 4.69) is 10.1 Å². The molecule has 0 saturated heterocycles. The van der Waals surface area contributed by atoms with E-state index in [1.165, 1.54) is 12.1 Å². The molecule has 7 heteroatoms. The third-order valence-corrected chi connectivity index (χ3v) is 3.63. The van der Waals surface area contributed by atoms with Gasteiger partial charge in [0, 0.05) is 18.3 Å². The van der Waals surface area contributed by atoms with E-state index < -0.39 is 6.61 Å². The van der Waals surface area contributed by atoms with E-state index in [0.717, 1.165) is 12.8 Å². The van der Waals surface area contributed by atoms with Crippen LogP contribution in [0.4, 0.5) is 14.5 Å². The third kappa shape index (κ3) is 3.87. The van der Waals surface area contributed by atoms with Crippen molar-refractivity contribution in [1.29, 1.82) is 0 Å². The van der Waals surface area contributed by atoms with Crippen LogP contribution in [0.2, 0.25) is 10.0 Å². The first-order valence-corrected chi connectivity index (χ1v) is 7.07. The van der Waals surface area contributed by atoms with Gasteiger partial charge in [0.1, 0.15) is 0 Å². The molecular formula is C13H15Cl2F2NO2. The van der Waals surface area contributed by atoms with Crippen LogP contribution >= 0.6 is 23.2 Å². The van der Waals surface area contributed by atoms with Crippen molar-refractivity contribution in [2.45, 2.75) is 38.5 Å². The average molecular weight is 326 g/mol. The maximum Gasteiger partial charge on any atom is 0.387 e. The first-order chi connectivity index (χ1) is 9.49. The zero-order valence-electron chi connectivity index (χ0n) is 10.8. The van der Waals surface area contributed by atoms with Gasteiger partial charge in [0.05, 0.1) is 16.1 Å². The summed E-state index contributed by atoms with van der Waals surface area (Å²) >= 11 is 11.8. The maximum absolute atomic E-state index is 12.2. The Bertz CT molecular complexity index is 445. The molecule has 1 aromatic rings. The van der Waals surface area contributed by atoms with Crippen LogP contribution in [0.1, 0.15) is 19.8 Å². The van der Waals surface area contributed by atoms with Gasteiger partial charge < -0.3 is 14.8 Å². The van der Waals surface area contributed by atoms with Gasteiger partial charge in [0.2, 0.25) is 0 Å². The Morgan fingerprint density at radius 3 is 2.40 bits per heavy atom. The predicted molar refractivity (Wildman–Crippen MR) is 75.2 cm³/mol. The van der Waals surface area contributed by atoms with E-state index in [-0.39, 0.29) is 27.9 Å². The van der Waals surface area contributed by atoms with E-state index in [1.807, 2.05) is 6.92 Å². The number of ether oxygens (including phenoxy) is 2. The van der Waals surface area contributed by atoms with Crippen molar-refractivity contribution < 1.29 is 18.3 Å². The van der Waals surface area contributed by atoms with Crippen LogP contribution in [0.25, 0.3) is 0 Å². The lowest BCUT2D eigenvalue weighted by Crippen LogP contribution is -2.40. The number of halogens is 4. The average Bonchev–Trinajstić information content (AvgIpc) is 2.31. The Labute approximate surface area is 126 Å². The zero-order chi connectivity index (χ0) is 14.7. The van der Waals surface area contributed by atoms with Gasteiger partial charge in [-0.3, -0.25) is 0 Å². The molecular weight excluding hydrogens is 311 g/mol. The molecule has 0 atom stereocenters. The number of rotatable bonds is 6. The second-order valence-electron chi connectivity index (χ2n) is 4.54. The van der Waals surface area contributed by atoms with Crippen molar-refractivity contribution >= 4 is 28.9 Å². The molecule has 1 N–H and O–H groups in total. The van der Waals surface area contributed by atoms with Gasteiger partial charge >= 0.3 is 6.61 Å². The summed E-state index contributed by atoms with van der Waals surface area (Å²) in [5.74, 6) is -0.199. The zero-order valence-corrected chi connectivity index (χ0v) is 12.3.